The predicted molar refractivity (Wildman–Crippen MR) is 76.5 cm³/mol. The number of hydrogen-bond acceptors (Lipinski definition) is 6. The van der Waals surface area contributed by atoms with E-state index in [9.17, 15) is 9.90 Å². The number of rotatable bonds is 3. The first-order valence-corrected chi connectivity index (χ1v) is 7.28. The van der Waals surface area contributed by atoms with Crippen LogP contribution in [0.1, 0.15) is 34.1 Å². The van der Waals surface area contributed by atoms with Crippen molar-refractivity contribution in [1.82, 2.24) is 5.06 Å². The Bertz CT molecular complexity index is 469. The van der Waals surface area contributed by atoms with Gasteiger partial charge in [0.1, 0.15) is 18.8 Å². The molecule has 124 valence electrons. The van der Waals surface area contributed by atoms with E-state index in [0.29, 0.717) is 0 Å². The van der Waals surface area contributed by atoms with Crippen molar-refractivity contribution < 1.29 is 28.9 Å². The summed E-state index contributed by atoms with van der Waals surface area (Å²) < 4.78 is 16.8. The number of aliphatic hydroxyl groups excluding tert-OH is 1. The molecule has 3 atom stereocenters. The third kappa shape index (κ3) is 3.52. The largest absolute Gasteiger partial charge is 0.435 e. The molecule has 2 aliphatic rings. The SMILES string of the molecule is C#CC(C)(C)OC(=O)N1OC[C@H]2OC(C)(C)O[C@H]2[C@@H]1CCO. The molecule has 22 heavy (non-hydrogen) atoms. The standard InChI is InChI=1S/C15H23NO6/c1-6-14(2,3)22-13(18)16-10(7-8-17)12-11(9-19-16)20-15(4,5)21-12/h1,10-12,17H,7-9H2,2-5H3/t10-,11+,12-/m0/s1. The highest BCUT2D eigenvalue weighted by molar-refractivity contribution is 5.68. The molecule has 2 heterocycles. The molecular formula is C15H23NO6. The maximum Gasteiger partial charge on any atom is 0.435 e. The summed E-state index contributed by atoms with van der Waals surface area (Å²) in [6, 6.07) is -0.508. The highest BCUT2D eigenvalue weighted by Gasteiger charge is 2.52. The number of carbonyl (C=O) groups excluding carboxylic acids is 1. The fourth-order valence-electron chi connectivity index (χ4n) is 2.60. The quantitative estimate of drug-likeness (QED) is 0.785. The van der Waals surface area contributed by atoms with Crippen LogP contribution in [-0.4, -0.2) is 59.1 Å². The number of carbonyl (C=O) groups is 1. The van der Waals surface area contributed by atoms with E-state index in [-0.39, 0.29) is 25.7 Å². The molecule has 0 aromatic carbocycles. The van der Waals surface area contributed by atoms with Gasteiger partial charge in [-0.1, -0.05) is 5.92 Å². The second-order valence-corrected chi connectivity index (χ2v) is 6.36. The van der Waals surface area contributed by atoms with Crippen molar-refractivity contribution in [2.45, 2.75) is 63.8 Å². The molecule has 2 aliphatic heterocycles. The molecule has 7 heteroatoms. The average Bonchev–Trinajstić information content (AvgIpc) is 2.73. The minimum Gasteiger partial charge on any atom is -0.429 e. The van der Waals surface area contributed by atoms with Crippen LogP contribution in [0.25, 0.3) is 0 Å². The van der Waals surface area contributed by atoms with Crippen LogP contribution in [-0.2, 0) is 19.0 Å². The van der Waals surface area contributed by atoms with Gasteiger partial charge in [0.05, 0.1) is 6.04 Å². The van der Waals surface area contributed by atoms with Crippen molar-refractivity contribution in [3.05, 3.63) is 0 Å². The molecule has 2 saturated heterocycles. The Labute approximate surface area is 130 Å². The Morgan fingerprint density at radius 2 is 2.18 bits per heavy atom. The molecule has 1 amide bonds. The lowest BCUT2D eigenvalue weighted by molar-refractivity contribution is -0.232. The summed E-state index contributed by atoms with van der Waals surface area (Å²) in [6.07, 6.45) is 4.22. The van der Waals surface area contributed by atoms with Gasteiger partial charge in [0.2, 0.25) is 0 Å². The number of nitrogens with zero attached hydrogens (tertiary/aromatic N) is 1. The van der Waals surface area contributed by atoms with Crippen LogP contribution in [0.3, 0.4) is 0 Å². The fourth-order valence-corrected chi connectivity index (χ4v) is 2.60. The maximum absolute atomic E-state index is 12.3. The molecule has 0 aromatic rings. The summed E-state index contributed by atoms with van der Waals surface area (Å²) in [4.78, 5) is 17.8. The van der Waals surface area contributed by atoms with Crippen molar-refractivity contribution in [3.8, 4) is 12.3 Å². The lowest BCUT2D eigenvalue weighted by Gasteiger charge is -2.39. The van der Waals surface area contributed by atoms with Crippen LogP contribution in [0.5, 0.6) is 0 Å². The summed E-state index contributed by atoms with van der Waals surface area (Å²) in [5.41, 5.74) is -1.05. The second kappa shape index (κ2) is 6.05. The van der Waals surface area contributed by atoms with Crippen molar-refractivity contribution in [2.75, 3.05) is 13.2 Å². The number of ether oxygens (including phenoxy) is 3. The molecule has 2 fully saturated rings. The van der Waals surface area contributed by atoms with Gasteiger partial charge in [-0.15, -0.1) is 6.42 Å². The topological polar surface area (TPSA) is 77.5 Å². The molecule has 1 N–H and O–H groups in total. The van der Waals surface area contributed by atoms with Crippen LogP contribution in [0, 0.1) is 12.3 Å². The van der Waals surface area contributed by atoms with Gasteiger partial charge in [-0.2, -0.15) is 5.06 Å². The van der Waals surface area contributed by atoms with Crippen LogP contribution in [0.2, 0.25) is 0 Å². The van der Waals surface area contributed by atoms with Gasteiger partial charge >= 0.3 is 6.09 Å². The Hall–Kier alpha value is -1.33. The van der Waals surface area contributed by atoms with Crippen molar-refractivity contribution in [1.29, 1.82) is 0 Å². The van der Waals surface area contributed by atoms with Crippen molar-refractivity contribution in [2.24, 2.45) is 0 Å². The monoisotopic (exact) mass is 313 g/mol. The minimum atomic E-state index is -1.05. The number of fused-ring (bicyclic) bond motifs is 1. The van der Waals surface area contributed by atoms with E-state index >= 15 is 0 Å². The minimum absolute atomic E-state index is 0.122. The Morgan fingerprint density at radius 1 is 1.50 bits per heavy atom. The zero-order chi connectivity index (χ0) is 16.5. The number of hydroxylamine groups is 2. The lowest BCUT2D eigenvalue weighted by Crippen LogP contribution is -2.57. The Kier molecular flexibility index (Phi) is 4.68. The van der Waals surface area contributed by atoms with Crippen molar-refractivity contribution >= 4 is 6.09 Å². The van der Waals surface area contributed by atoms with Crippen LogP contribution >= 0.6 is 0 Å². The molecule has 2 rings (SSSR count). The Balaban J connectivity index is 2.14. The molecule has 0 unspecified atom stereocenters. The molecule has 0 saturated carbocycles. The van der Waals surface area contributed by atoms with E-state index in [2.05, 4.69) is 5.92 Å². The van der Waals surface area contributed by atoms with Gasteiger partial charge in [0.15, 0.2) is 11.4 Å². The number of hydrogen-bond donors (Lipinski definition) is 1. The van der Waals surface area contributed by atoms with Gasteiger partial charge in [-0.05, 0) is 34.1 Å². The van der Waals surface area contributed by atoms with Crippen LogP contribution in [0.15, 0.2) is 0 Å². The zero-order valence-corrected chi connectivity index (χ0v) is 13.4. The van der Waals surface area contributed by atoms with Gasteiger partial charge in [-0.3, -0.25) is 4.84 Å². The highest BCUT2D eigenvalue weighted by atomic mass is 16.8. The fraction of sp³-hybridized carbons (Fsp3) is 0.800. The lowest BCUT2D eigenvalue weighted by atomic mass is 10.0. The van der Waals surface area contributed by atoms with E-state index in [4.69, 9.17) is 25.5 Å². The first-order valence-electron chi connectivity index (χ1n) is 7.28. The van der Waals surface area contributed by atoms with Gasteiger partial charge in [0.25, 0.3) is 0 Å². The highest BCUT2D eigenvalue weighted by Crippen LogP contribution is 2.36. The summed E-state index contributed by atoms with van der Waals surface area (Å²) in [6.45, 7) is 6.86. The van der Waals surface area contributed by atoms with E-state index in [1.54, 1.807) is 27.7 Å². The van der Waals surface area contributed by atoms with E-state index in [1.807, 2.05) is 0 Å². The molecule has 0 bridgehead atoms. The van der Waals surface area contributed by atoms with E-state index < -0.39 is 29.6 Å². The summed E-state index contributed by atoms with van der Waals surface area (Å²) in [5.74, 6) is 1.63. The number of terminal acetylenes is 1. The first-order chi connectivity index (χ1) is 10.2. The Morgan fingerprint density at radius 3 is 2.77 bits per heavy atom. The van der Waals surface area contributed by atoms with Crippen molar-refractivity contribution in [3.63, 3.8) is 0 Å². The first kappa shape index (κ1) is 17.0. The summed E-state index contributed by atoms with van der Waals surface area (Å²) >= 11 is 0. The zero-order valence-electron chi connectivity index (χ0n) is 13.4. The molecule has 0 radical (unpaired) electrons. The third-order valence-electron chi connectivity index (χ3n) is 3.57. The van der Waals surface area contributed by atoms with E-state index in [1.165, 1.54) is 0 Å². The molecule has 7 nitrogen and oxygen atoms in total. The smallest absolute Gasteiger partial charge is 0.429 e. The predicted octanol–water partition coefficient (Wildman–Crippen LogP) is 1.05. The number of aliphatic hydroxyl groups is 1. The number of amides is 1. The van der Waals surface area contributed by atoms with Gasteiger partial charge in [0, 0.05) is 6.61 Å². The molecule has 0 aromatic heterocycles. The second-order valence-electron chi connectivity index (χ2n) is 6.36. The third-order valence-corrected chi connectivity index (χ3v) is 3.57. The van der Waals surface area contributed by atoms with Crippen LogP contribution in [0.4, 0.5) is 4.79 Å². The van der Waals surface area contributed by atoms with Gasteiger partial charge in [-0.25, -0.2) is 4.79 Å². The normalized spacial score (nSPS) is 30.5. The molecular weight excluding hydrogens is 290 g/mol. The maximum atomic E-state index is 12.3. The van der Waals surface area contributed by atoms with E-state index in [0.717, 1.165) is 5.06 Å². The molecule has 0 spiro atoms. The summed E-state index contributed by atoms with van der Waals surface area (Å²) in [5, 5.41) is 10.4. The van der Waals surface area contributed by atoms with Gasteiger partial charge < -0.3 is 19.3 Å². The van der Waals surface area contributed by atoms with Crippen LogP contribution < -0.4 is 0 Å². The average molecular weight is 313 g/mol. The molecule has 0 aliphatic carbocycles. The summed E-state index contributed by atoms with van der Waals surface area (Å²) in [7, 11) is 0.